The zero-order valence-corrected chi connectivity index (χ0v) is 20.1. The molecule has 194 valence electrons. The van der Waals surface area contributed by atoms with Gasteiger partial charge in [-0.1, -0.05) is 38.1 Å². The first-order valence-corrected chi connectivity index (χ1v) is 12.0. The van der Waals surface area contributed by atoms with Crippen LogP contribution in [0.4, 0.5) is 4.39 Å². The number of ether oxygens (including phenoxy) is 2. The van der Waals surface area contributed by atoms with Crippen LogP contribution in [0.5, 0.6) is 5.88 Å². The van der Waals surface area contributed by atoms with Gasteiger partial charge in [0, 0.05) is 37.1 Å². The Hall–Kier alpha value is -2.37. The number of hydrogen-bond acceptors (Lipinski definition) is 8. The molecule has 1 aliphatic rings. The number of aromatic nitrogens is 2. The summed E-state index contributed by atoms with van der Waals surface area (Å²) in [7, 11) is 0. The summed E-state index contributed by atoms with van der Waals surface area (Å²) in [6, 6.07) is 7.84. The van der Waals surface area contributed by atoms with Crippen molar-refractivity contribution in [3.8, 4) is 5.88 Å². The number of carbonyl (C=O) groups is 1. The monoisotopic (exact) mass is 494 g/mol. The van der Waals surface area contributed by atoms with Crippen molar-refractivity contribution in [1.82, 2.24) is 10.2 Å². The smallest absolute Gasteiger partial charge is 0.238 e. The number of Topliss-reactive ketones (excluding diaryl/α,β-unsaturated/α-hetero) is 1. The summed E-state index contributed by atoms with van der Waals surface area (Å²) in [5, 5.41) is 45.6. The highest BCUT2D eigenvalue weighted by Crippen LogP contribution is 2.31. The molecule has 1 fully saturated rings. The summed E-state index contributed by atoms with van der Waals surface area (Å²) in [4.78, 5) is 11.8. The average Bonchev–Trinajstić information content (AvgIpc) is 3.24. The number of aryl methyl sites for hydroxylation is 1. The molecule has 5 unspecified atom stereocenters. The number of aliphatic hydroxyl groups excluding tert-OH is 4. The van der Waals surface area contributed by atoms with Gasteiger partial charge in [0.05, 0.1) is 6.61 Å². The molecule has 10 heteroatoms. The van der Waals surface area contributed by atoms with E-state index in [1.807, 2.05) is 38.1 Å². The van der Waals surface area contributed by atoms with Crippen LogP contribution >= 0.6 is 0 Å². The van der Waals surface area contributed by atoms with Crippen LogP contribution in [0.2, 0.25) is 0 Å². The van der Waals surface area contributed by atoms with Crippen molar-refractivity contribution in [2.24, 2.45) is 0 Å². The van der Waals surface area contributed by atoms with Gasteiger partial charge in [-0.2, -0.15) is 0 Å². The van der Waals surface area contributed by atoms with Crippen LogP contribution in [0.3, 0.4) is 0 Å². The second kappa shape index (κ2) is 12.5. The average molecular weight is 495 g/mol. The molecule has 5 atom stereocenters. The zero-order valence-electron chi connectivity index (χ0n) is 20.1. The number of halogens is 1. The van der Waals surface area contributed by atoms with Crippen LogP contribution in [-0.4, -0.2) is 80.4 Å². The number of benzene rings is 1. The molecule has 2 heterocycles. The first-order chi connectivity index (χ1) is 16.7. The minimum absolute atomic E-state index is 0.0172. The summed E-state index contributed by atoms with van der Waals surface area (Å²) in [5.74, 6) is 0.379. The van der Waals surface area contributed by atoms with E-state index in [0.29, 0.717) is 32.1 Å². The fourth-order valence-corrected chi connectivity index (χ4v) is 4.07. The molecule has 0 spiro atoms. The van der Waals surface area contributed by atoms with Gasteiger partial charge in [0.15, 0.2) is 6.17 Å². The first-order valence-electron chi connectivity index (χ1n) is 12.0. The summed E-state index contributed by atoms with van der Waals surface area (Å²) >= 11 is 0. The molecule has 0 radical (unpaired) electrons. The van der Waals surface area contributed by atoms with E-state index in [9.17, 15) is 24.5 Å². The molecule has 3 rings (SSSR count). The van der Waals surface area contributed by atoms with E-state index in [4.69, 9.17) is 14.6 Å². The highest BCUT2D eigenvalue weighted by atomic mass is 19.1. The molecular weight excluding hydrogens is 459 g/mol. The number of aromatic amines is 1. The predicted octanol–water partition coefficient (Wildman–Crippen LogP) is 1.55. The van der Waals surface area contributed by atoms with E-state index in [2.05, 4.69) is 10.2 Å². The van der Waals surface area contributed by atoms with Gasteiger partial charge in [-0.15, -0.1) is 5.10 Å². The Morgan fingerprint density at radius 2 is 1.83 bits per heavy atom. The summed E-state index contributed by atoms with van der Waals surface area (Å²) < 4.78 is 25.2. The van der Waals surface area contributed by atoms with Crippen LogP contribution in [-0.2, 0) is 22.4 Å². The van der Waals surface area contributed by atoms with E-state index < -0.39 is 37.4 Å². The summed E-state index contributed by atoms with van der Waals surface area (Å²) in [5.41, 5.74) is 3.56. The standard InChI is InChI=1S/C25H35FN2O7/c1-14(2)21-18(12-16-7-5-15(6-8-16)9-10-17(31)4-3-11-29)24(28-27-21)35-25-23(33)22(32)20(26)19(13-30)34-25/h5-8,14,19-20,22-23,25,29-30,32-33H,3-4,9-13H2,1-2H3,(H,27,28). The molecule has 0 amide bonds. The Balaban J connectivity index is 1.72. The van der Waals surface area contributed by atoms with Crippen LogP contribution in [0.1, 0.15) is 61.4 Å². The SMILES string of the molecule is CC(C)c1[nH]nc(OC2OC(CO)C(F)C(O)C2O)c1Cc1ccc(CCC(=O)CCCO)cc1. The summed E-state index contributed by atoms with van der Waals surface area (Å²) in [6.45, 7) is 3.32. The third-order valence-corrected chi connectivity index (χ3v) is 6.18. The van der Waals surface area contributed by atoms with E-state index in [1.165, 1.54) is 0 Å². The second-order valence-electron chi connectivity index (χ2n) is 9.20. The van der Waals surface area contributed by atoms with Crippen LogP contribution in [0.25, 0.3) is 0 Å². The Labute approximate surface area is 203 Å². The number of H-pyrrole nitrogens is 1. The topological polar surface area (TPSA) is 145 Å². The number of hydrogen-bond donors (Lipinski definition) is 5. The van der Waals surface area contributed by atoms with Gasteiger partial charge in [-0.05, 0) is 29.9 Å². The third-order valence-electron chi connectivity index (χ3n) is 6.18. The van der Waals surface area contributed by atoms with Crippen molar-refractivity contribution < 1.29 is 39.1 Å². The van der Waals surface area contributed by atoms with Gasteiger partial charge in [0.25, 0.3) is 0 Å². The lowest BCUT2D eigenvalue weighted by Crippen LogP contribution is -2.58. The minimum Gasteiger partial charge on any atom is -0.443 e. The summed E-state index contributed by atoms with van der Waals surface area (Å²) in [6.07, 6.45) is -5.70. The van der Waals surface area contributed by atoms with Gasteiger partial charge in [0.1, 0.15) is 24.1 Å². The third kappa shape index (κ3) is 6.86. The molecule has 1 aromatic heterocycles. The molecule has 2 aromatic rings. The van der Waals surface area contributed by atoms with E-state index in [-0.39, 0.29) is 24.2 Å². The highest BCUT2D eigenvalue weighted by Gasteiger charge is 2.46. The molecule has 5 N–H and O–H groups in total. The molecule has 9 nitrogen and oxygen atoms in total. The number of alkyl halides is 1. The van der Waals surface area contributed by atoms with Gasteiger partial charge in [-0.25, -0.2) is 4.39 Å². The molecular formula is C25H35FN2O7. The predicted molar refractivity (Wildman–Crippen MR) is 125 cm³/mol. The van der Waals surface area contributed by atoms with Crippen LogP contribution in [0, 0.1) is 0 Å². The van der Waals surface area contributed by atoms with Crippen molar-refractivity contribution in [2.75, 3.05) is 13.2 Å². The zero-order chi connectivity index (χ0) is 25.5. The van der Waals surface area contributed by atoms with Crippen LogP contribution in [0.15, 0.2) is 24.3 Å². The molecule has 1 aromatic carbocycles. The Bertz CT molecular complexity index is 948. The highest BCUT2D eigenvalue weighted by molar-refractivity contribution is 5.78. The second-order valence-corrected chi connectivity index (χ2v) is 9.20. The van der Waals surface area contributed by atoms with Crippen molar-refractivity contribution >= 4 is 5.78 Å². The van der Waals surface area contributed by atoms with E-state index >= 15 is 0 Å². The maximum Gasteiger partial charge on any atom is 0.238 e. The number of carbonyl (C=O) groups excluding carboxylic acids is 1. The molecule has 0 saturated carbocycles. The number of nitrogens with one attached hydrogen (secondary N) is 1. The van der Waals surface area contributed by atoms with Gasteiger partial charge < -0.3 is 29.9 Å². The number of rotatable bonds is 12. The maximum absolute atomic E-state index is 14.1. The van der Waals surface area contributed by atoms with Crippen molar-refractivity contribution in [2.45, 2.75) is 82.6 Å². The van der Waals surface area contributed by atoms with Crippen molar-refractivity contribution in [3.05, 3.63) is 46.6 Å². The number of nitrogens with zero attached hydrogens (tertiary/aromatic N) is 1. The molecule has 0 bridgehead atoms. The van der Waals surface area contributed by atoms with Gasteiger partial charge >= 0.3 is 0 Å². The van der Waals surface area contributed by atoms with E-state index in [0.717, 1.165) is 22.4 Å². The molecule has 35 heavy (non-hydrogen) atoms. The Kier molecular flexibility index (Phi) is 9.76. The lowest BCUT2D eigenvalue weighted by atomic mass is 9.97. The number of aliphatic hydroxyl groups is 4. The quantitative estimate of drug-likeness (QED) is 0.299. The maximum atomic E-state index is 14.1. The minimum atomic E-state index is -1.94. The lowest BCUT2D eigenvalue weighted by Gasteiger charge is -2.38. The largest absolute Gasteiger partial charge is 0.443 e. The van der Waals surface area contributed by atoms with Crippen LogP contribution < -0.4 is 4.74 Å². The molecule has 1 aliphatic heterocycles. The fourth-order valence-electron chi connectivity index (χ4n) is 4.07. The molecule has 0 aliphatic carbocycles. The van der Waals surface area contributed by atoms with Crippen molar-refractivity contribution in [3.63, 3.8) is 0 Å². The fraction of sp³-hybridized carbons (Fsp3) is 0.600. The van der Waals surface area contributed by atoms with Crippen molar-refractivity contribution in [1.29, 1.82) is 0 Å². The first kappa shape index (κ1) is 27.2. The number of ketones is 1. The van der Waals surface area contributed by atoms with Gasteiger partial charge in [0.2, 0.25) is 12.2 Å². The Morgan fingerprint density at radius 3 is 2.46 bits per heavy atom. The molecule has 1 saturated heterocycles. The van der Waals surface area contributed by atoms with Gasteiger partial charge in [-0.3, -0.25) is 9.89 Å². The normalized spacial score (nSPS) is 24.6. The lowest BCUT2D eigenvalue weighted by molar-refractivity contribution is -0.265. The van der Waals surface area contributed by atoms with E-state index in [1.54, 1.807) is 0 Å². The Morgan fingerprint density at radius 1 is 1.14 bits per heavy atom.